The molecule has 0 atom stereocenters. The number of hydrogen-bond donors (Lipinski definition) is 2. The molecule has 0 unspecified atom stereocenters. The van der Waals surface area contributed by atoms with Gasteiger partial charge in [-0.05, 0) is 37.6 Å². The van der Waals surface area contributed by atoms with Gasteiger partial charge in [0.1, 0.15) is 16.4 Å². The molecule has 152 valence electrons. The van der Waals surface area contributed by atoms with Crippen molar-refractivity contribution < 1.29 is 19.1 Å². The molecule has 6 nitrogen and oxygen atoms in total. The molecule has 0 radical (unpaired) electrons. The van der Waals surface area contributed by atoms with E-state index in [1.165, 1.54) is 11.8 Å². The van der Waals surface area contributed by atoms with Gasteiger partial charge < -0.3 is 20.1 Å². The second kappa shape index (κ2) is 9.52. The Bertz CT molecular complexity index is 956. The molecule has 0 aliphatic carbocycles. The van der Waals surface area contributed by atoms with Crippen molar-refractivity contribution in [2.45, 2.75) is 20.4 Å². The first-order valence-corrected chi connectivity index (χ1v) is 10.3. The highest BCUT2D eigenvalue weighted by molar-refractivity contribution is 8.04. The lowest BCUT2D eigenvalue weighted by Crippen LogP contribution is -2.24. The molecule has 0 saturated carbocycles. The second-order valence-electron chi connectivity index (χ2n) is 6.56. The third-order valence-electron chi connectivity index (χ3n) is 4.55. The number of hydrogen-bond acceptors (Lipinski definition) is 5. The van der Waals surface area contributed by atoms with Crippen LogP contribution in [0.4, 0.5) is 5.69 Å². The molecule has 7 heteroatoms. The number of ether oxygens (including phenoxy) is 2. The van der Waals surface area contributed by atoms with Crippen LogP contribution in [0.5, 0.6) is 5.75 Å². The number of nitrogens with one attached hydrogen (secondary N) is 2. The van der Waals surface area contributed by atoms with Gasteiger partial charge in [-0.15, -0.1) is 11.8 Å². The number of amides is 2. The number of aryl methyl sites for hydroxylation is 1. The van der Waals surface area contributed by atoms with E-state index in [1.807, 2.05) is 37.3 Å². The molecule has 0 aromatic heterocycles. The fraction of sp³-hybridized carbons (Fsp3) is 0.273. The summed E-state index contributed by atoms with van der Waals surface area (Å²) in [4.78, 5) is 25.8. The summed E-state index contributed by atoms with van der Waals surface area (Å²) in [7, 11) is 1.60. The normalized spacial score (nSPS) is 13.5. The zero-order valence-electron chi connectivity index (χ0n) is 16.7. The molecule has 2 N–H and O–H groups in total. The molecule has 2 amide bonds. The first-order chi connectivity index (χ1) is 14.0. The van der Waals surface area contributed by atoms with E-state index >= 15 is 0 Å². The maximum atomic E-state index is 12.6. The van der Waals surface area contributed by atoms with Gasteiger partial charge in [-0.2, -0.15) is 0 Å². The minimum absolute atomic E-state index is 0.220. The van der Waals surface area contributed by atoms with Gasteiger partial charge in [-0.3, -0.25) is 9.59 Å². The van der Waals surface area contributed by atoms with Gasteiger partial charge in [0.2, 0.25) is 0 Å². The van der Waals surface area contributed by atoms with Crippen molar-refractivity contribution in [3.63, 3.8) is 0 Å². The fourth-order valence-corrected chi connectivity index (χ4v) is 3.75. The van der Waals surface area contributed by atoms with Crippen LogP contribution in [0.1, 0.15) is 28.4 Å². The topological polar surface area (TPSA) is 76.7 Å². The van der Waals surface area contributed by atoms with E-state index in [0.29, 0.717) is 35.1 Å². The van der Waals surface area contributed by atoms with E-state index in [0.717, 1.165) is 22.6 Å². The van der Waals surface area contributed by atoms with E-state index in [2.05, 4.69) is 10.6 Å². The zero-order valence-corrected chi connectivity index (χ0v) is 17.5. The van der Waals surface area contributed by atoms with E-state index < -0.39 is 0 Å². The standard InChI is InChI=1S/C22H24N2O4S/c1-14-8-9-16(21(25)23-13-17-6-4-5-7-19(17)27-3)12-18(14)24-22(26)20-15(2)28-10-11-29-20/h4-9,12H,10-11,13H2,1-3H3,(H,23,25)(H,24,26). The molecular weight excluding hydrogens is 388 g/mol. The van der Waals surface area contributed by atoms with Gasteiger partial charge in [0, 0.05) is 29.1 Å². The predicted molar refractivity (Wildman–Crippen MR) is 115 cm³/mol. The van der Waals surface area contributed by atoms with Gasteiger partial charge in [-0.1, -0.05) is 24.3 Å². The molecule has 2 aromatic rings. The predicted octanol–water partition coefficient (Wildman–Crippen LogP) is 3.87. The van der Waals surface area contributed by atoms with E-state index in [1.54, 1.807) is 26.2 Å². The maximum absolute atomic E-state index is 12.6. The Morgan fingerprint density at radius 1 is 1.14 bits per heavy atom. The van der Waals surface area contributed by atoms with Gasteiger partial charge in [-0.25, -0.2) is 0 Å². The van der Waals surface area contributed by atoms with Crippen LogP contribution in [-0.2, 0) is 16.1 Å². The highest BCUT2D eigenvalue weighted by atomic mass is 32.2. The Kier molecular flexibility index (Phi) is 6.82. The maximum Gasteiger partial charge on any atom is 0.265 e. The second-order valence-corrected chi connectivity index (χ2v) is 7.67. The average Bonchev–Trinajstić information content (AvgIpc) is 2.74. The van der Waals surface area contributed by atoms with Crippen LogP contribution in [-0.4, -0.2) is 31.3 Å². The van der Waals surface area contributed by atoms with Crippen molar-refractivity contribution in [2.75, 3.05) is 24.8 Å². The Labute approximate surface area is 174 Å². The molecule has 1 aliphatic heterocycles. The molecule has 29 heavy (non-hydrogen) atoms. The Morgan fingerprint density at radius 2 is 1.93 bits per heavy atom. The number of para-hydroxylation sites is 1. The number of carbonyl (C=O) groups is 2. The van der Waals surface area contributed by atoms with Crippen LogP contribution in [0.25, 0.3) is 0 Å². The highest BCUT2D eigenvalue weighted by Crippen LogP contribution is 2.27. The monoisotopic (exact) mass is 412 g/mol. The summed E-state index contributed by atoms with van der Waals surface area (Å²) in [5, 5.41) is 5.80. The summed E-state index contributed by atoms with van der Waals surface area (Å²) >= 11 is 1.48. The Balaban J connectivity index is 1.71. The molecule has 0 saturated heterocycles. The van der Waals surface area contributed by atoms with Crippen molar-refractivity contribution in [1.29, 1.82) is 0 Å². The zero-order chi connectivity index (χ0) is 20.8. The first kappa shape index (κ1) is 20.8. The van der Waals surface area contributed by atoms with Gasteiger partial charge in [0.25, 0.3) is 11.8 Å². The number of rotatable bonds is 6. The minimum Gasteiger partial charge on any atom is -0.496 e. The summed E-state index contributed by atoms with van der Waals surface area (Å²) in [6.45, 7) is 4.63. The molecule has 2 aromatic carbocycles. The number of thioether (sulfide) groups is 1. The SMILES string of the molecule is COc1ccccc1CNC(=O)c1ccc(C)c(NC(=O)C2=C(C)OCCS2)c1. The molecule has 0 fully saturated rings. The van der Waals surface area contributed by atoms with E-state index in [4.69, 9.17) is 9.47 Å². The third kappa shape index (κ3) is 5.12. The Hall–Kier alpha value is -2.93. The van der Waals surface area contributed by atoms with Gasteiger partial charge in [0.15, 0.2) is 0 Å². The number of benzene rings is 2. The van der Waals surface area contributed by atoms with Crippen molar-refractivity contribution in [2.24, 2.45) is 0 Å². The largest absolute Gasteiger partial charge is 0.496 e. The third-order valence-corrected chi connectivity index (χ3v) is 5.69. The smallest absolute Gasteiger partial charge is 0.265 e. The molecule has 3 rings (SSSR count). The van der Waals surface area contributed by atoms with Crippen molar-refractivity contribution >= 4 is 29.3 Å². The fourth-order valence-electron chi connectivity index (χ4n) is 2.93. The summed E-state index contributed by atoms with van der Waals surface area (Å²) in [5.74, 6) is 1.64. The molecule has 0 bridgehead atoms. The Morgan fingerprint density at radius 3 is 2.69 bits per heavy atom. The van der Waals surface area contributed by atoms with Gasteiger partial charge in [0.05, 0.1) is 13.7 Å². The van der Waals surface area contributed by atoms with Gasteiger partial charge >= 0.3 is 0 Å². The van der Waals surface area contributed by atoms with E-state index in [-0.39, 0.29) is 11.8 Å². The van der Waals surface area contributed by atoms with Crippen molar-refractivity contribution in [3.8, 4) is 5.75 Å². The van der Waals surface area contributed by atoms with Crippen LogP contribution >= 0.6 is 11.8 Å². The number of carbonyl (C=O) groups excluding carboxylic acids is 2. The minimum atomic E-state index is -0.225. The number of methoxy groups -OCH3 is 1. The molecule has 1 heterocycles. The van der Waals surface area contributed by atoms with Crippen LogP contribution in [0.3, 0.4) is 0 Å². The van der Waals surface area contributed by atoms with Crippen LogP contribution < -0.4 is 15.4 Å². The van der Waals surface area contributed by atoms with Crippen LogP contribution in [0.2, 0.25) is 0 Å². The van der Waals surface area contributed by atoms with Crippen LogP contribution in [0, 0.1) is 6.92 Å². The first-order valence-electron chi connectivity index (χ1n) is 9.28. The quantitative estimate of drug-likeness (QED) is 0.753. The van der Waals surface area contributed by atoms with Crippen molar-refractivity contribution in [1.82, 2.24) is 5.32 Å². The summed E-state index contributed by atoms with van der Waals surface area (Å²) < 4.78 is 10.8. The lowest BCUT2D eigenvalue weighted by molar-refractivity contribution is -0.112. The van der Waals surface area contributed by atoms with E-state index in [9.17, 15) is 9.59 Å². The number of allylic oxidation sites excluding steroid dienone is 1. The molecule has 0 spiro atoms. The summed E-state index contributed by atoms with van der Waals surface area (Å²) in [6.07, 6.45) is 0. The molecule has 1 aliphatic rings. The number of anilines is 1. The highest BCUT2D eigenvalue weighted by Gasteiger charge is 2.20. The van der Waals surface area contributed by atoms with Crippen molar-refractivity contribution in [3.05, 3.63) is 69.8 Å². The summed E-state index contributed by atoms with van der Waals surface area (Å²) in [6, 6.07) is 12.8. The lowest BCUT2D eigenvalue weighted by atomic mass is 10.1. The lowest BCUT2D eigenvalue weighted by Gasteiger charge is -2.18. The average molecular weight is 413 g/mol. The van der Waals surface area contributed by atoms with Crippen LogP contribution in [0.15, 0.2) is 53.1 Å². The summed E-state index contributed by atoms with van der Waals surface area (Å²) in [5.41, 5.74) is 2.84. The molecular formula is C22H24N2O4S.